The average Bonchev–Trinajstić information content (AvgIpc) is 3.28. The number of carbonyl (C=O) groups is 1. The normalized spacial score (nSPS) is 25.9. The molecule has 21 heavy (non-hydrogen) atoms. The molecule has 1 saturated heterocycles. The number of carbonyl (C=O) groups excluding carboxylic acids is 1. The number of nitrogens with zero attached hydrogens (tertiary/aromatic N) is 2. The lowest BCUT2D eigenvalue weighted by atomic mass is 10.1. The standard InChI is InChI=1S/C16H21FN2O2/c17-15-4-2-1-3-12(15)13-11-14(13)16(21)19-7-5-18(6-8-19)9-10-20/h1-4,13-14,20H,5-11H2. The van der Waals surface area contributed by atoms with Gasteiger partial charge in [0.2, 0.25) is 5.91 Å². The van der Waals surface area contributed by atoms with Gasteiger partial charge in [-0.1, -0.05) is 18.2 Å². The Morgan fingerprint density at radius 1 is 1.24 bits per heavy atom. The SMILES string of the molecule is O=C(C1CC1c1ccccc1F)N1CCN(CCO)CC1. The summed E-state index contributed by atoms with van der Waals surface area (Å²) < 4.78 is 13.7. The summed E-state index contributed by atoms with van der Waals surface area (Å²) in [6.07, 6.45) is 0.761. The first-order valence-corrected chi connectivity index (χ1v) is 7.57. The fraction of sp³-hybridized carbons (Fsp3) is 0.562. The summed E-state index contributed by atoms with van der Waals surface area (Å²) in [4.78, 5) is 16.5. The Morgan fingerprint density at radius 3 is 2.62 bits per heavy atom. The number of hydrogen-bond donors (Lipinski definition) is 1. The fourth-order valence-electron chi connectivity index (χ4n) is 3.16. The van der Waals surface area contributed by atoms with E-state index in [9.17, 15) is 9.18 Å². The minimum absolute atomic E-state index is 0.0497. The van der Waals surface area contributed by atoms with Crippen molar-refractivity contribution in [2.45, 2.75) is 12.3 Å². The van der Waals surface area contributed by atoms with E-state index in [1.807, 2.05) is 11.0 Å². The summed E-state index contributed by atoms with van der Waals surface area (Å²) in [6, 6.07) is 6.75. The minimum Gasteiger partial charge on any atom is -0.395 e. The van der Waals surface area contributed by atoms with Gasteiger partial charge in [-0.25, -0.2) is 4.39 Å². The van der Waals surface area contributed by atoms with Gasteiger partial charge in [-0.15, -0.1) is 0 Å². The highest BCUT2D eigenvalue weighted by Gasteiger charge is 2.47. The van der Waals surface area contributed by atoms with Gasteiger partial charge in [0.25, 0.3) is 0 Å². The van der Waals surface area contributed by atoms with E-state index in [2.05, 4.69) is 4.90 Å². The molecular weight excluding hydrogens is 271 g/mol. The maximum Gasteiger partial charge on any atom is 0.226 e. The number of halogens is 1. The van der Waals surface area contributed by atoms with Crippen molar-refractivity contribution >= 4 is 5.91 Å². The smallest absolute Gasteiger partial charge is 0.226 e. The molecule has 0 aromatic heterocycles. The summed E-state index contributed by atoms with van der Waals surface area (Å²) >= 11 is 0. The monoisotopic (exact) mass is 292 g/mol. The molecule has 0 spiro atoms. The third-order valence-electron chi connectivity index (χ3n) is 4.51. The van der Waals surface area contributed by atoms with E-state index >= 15 is 0 Å². The number of hydrogen-bond acceptors (Lipinski definition) is 3. The Balaban J connectivity index is 1.55. The first-order valence-electron chi connectivity index (χ1n) is 7.57. The molecule has 1 aromatic carbocycles. The van der Waals surface area contributed by atoms with Gasteiger partial charge in [0, 0.05) is 38.6 Å². The largest absolute Gasteiger partial charge is 0.395 e. The van der Waals surface area contributed by atoms with Crippen molar-refractivity contribution in [3.8, 4) is 0 Å². The van der Waals surface area contributed by atoms with Gasteiger partial charge in [0.05, 0.1) is 6.61 Å². The summed E-state index contributed by atoms with van der Waals surface area (Å²) in [6.45, 7) is 3.86. The van der Waals surface area contributed by atoms with E-state index < -0.39 is 0 Å². The molecule has 1 saturated carbocycles. The number of aliphatic hydroxyl groups is 1. The van der Waals surface area contributed by atoms with Crippen molar-refractivity contribution in [1.29, 1.82) is 0 Å². The van der Waals surface area contributed by atoms with E-state index in [1.54, 1.807) is 12.1 Å². The minimum atomic E-state index is -0.203. The molecule has 2 atom stereocenters. The van der Waals surface area contributed by atoms with Gasteiger partial charge in [-0.3, -0.25) is 9.69 Å². The molecule has 1 aromatic rings. The van der Waals surface area contributed by atoms with Crippen LogP contribution in [0.25, 0.3) is 0 Å². The lowest BCUT2D eigenvalue weighted by Gasteiger charge is -2.34. The molecule has 1 amide bonds. The number of piperazine rings is 1. The molecule has 1 N–H and O–H groups in total. The molecule has 0 radical (unpaired) electrons. The van der Waals surface area contributed by atoms with Gasteiger partial charge in [0.1, 0.15) is 5.82 Å². The van der Waals surface area contributed by atoms with Crippen LogP contribution in [0.1, 0.15) is 17.9 Å². The maximum absolute atomic E-state index is 13.7. The molecule has 2 aliphatic rings. The van der Waals surface area contributed by atoms with Crippen molar-refractivity contribution in [1.82, 2.24) is 9.80 Å². The number of rotatable bonds is 4. The Hall–Kier alpha value is -1.46. The third kappa shape index (κ3) is 3.09. The Kier molecular flexibility index (Phi) is 4.22. The molecule has 4 nitrogen and oxygen atoms in total. The Morgan fingerprint density at radius 2 is 1.95 bits per heavy atom. The van der Waals surface area contributed by atoms with Crippen LogP contribution in [-0.4, -0.2) is 60.1 Å². The number of β-amino-alcohol motifs (C(OH)–C–C–N with tert-alkyl or cyclic N) is 1. The van der Waals surface area contributed by atoms with Gasteiger partial charge in [0.15, 0.2) is 0 Å². The maximum atomic E-state index is 13.7. The second-order valence-corrected chi connectivity index (χ2v) is 5.86. The zero-order valence-corrected chi connectivity index (χ0v) is 12.0. The van der Waals surface area contributed by atoms with Gasteiger partial charge in [-0.2, -0.15) is 0 Å². The number of aliphatic hydroxyl groups excluding tert-OH is 1. The van der Waals surface area contributed by atoms with Gasteiger partial charge in [-0.05, 0) is 24.0 Å². The highest BCUT2D eigenvalue weighted by Crippen LogP contribution is 2.49. The highest BCUT2D eigenvalue weighted by molar-refractivity contribution is 5.83. The van der Waals surface area contributed by atoms with E-state index in [0.717, 1.165) is 19.5 Å². The third-order valence-corrected chi connectivity index (χ3v) is 4.51. The lowest BCUT2D eigenvalue weighted by molar-refractivity contribution is -0.134. The predicted octanol–water partition coefficient (Wildman–Crippen LogP) is 1.07. The molecule has 0 bridgehead atoms. The second-order valence-electron chi connectivity index (χ2n) is 5.86. The van der Waals surface area contributed by atoms with Crippen LogP contribution in [0, 0.1) is 11.7 Å². The van der Waals surface area contributed by atoms with Crippen LogP contribution >= 0.6 is 0 Å². The Bertz CT molecular complexity index is 515. The van der Waals surface area contributed by atoms with Crippen LogP contribution in [0.3, 0.4) is 0 Å². The molecule has 5 heteroatoms. The van der Waals surface area contributed by atoms with E-state index in [4.69, 9.17) is 5.11 Å². The van der Waals surface area contributed by atoms with Crippen LogP contribution in [-0.2, 0) is 4.79 Å². The van der Waals surface area contributed by atoms with Crippen LogP contribution in [0.15, 0.2) is 24.3 Å². The van der Waals surface area contributed by atoms with Crippen molar-refractivity contribution in [2.24, 2.45) is 5.92 Å². The predicted molar refractivity (Wildman–Crippen MR) is 77.4 cm³/mol. The summed E-state index contributed by atoms with van der Waals surface area (Å²) in [5.74, 6) is -0.0436. The first kappa shape index (κ1) is 14.5. The van der Waals surface area contributed by atoms with Gasteiger partial charge >= 0.3 is 0 Å². The lowest BCUT2D eigenvalue weighted by Crippen LogP contribution is -2.49. The van der Waals surface area contributed by atoms with Crippen molar-refractivity contribution in [2.75, 3.05) is 39.3 Å². The van der Waals surface area contributed by atoms with E-state index in [-0.39, 0.29) is 30.2 Å². The Labute approximate surface area is 124 Å². The van der Waals surface area contributed by atoms with Gasteiger partial charge < -0.3 is 10.0 Å². The van der Waals surface area contributed by atoms with Crippen LogP contribution < -0.4 is 0 Å². The van der Waals surface area contributed by atoms with Crippen LogP contribution in [0.2, 0.25) is 0 Å². The summed E-state index contributed by atoms with van der Waals surface area (Å²) in [5.41, 5.74) is 0.676. The topological polar surface area (TPSA) is 43.8 Å². The van der Waals surface area contributed by atoms with Crippen LogP contribution in [0.5, 0.6) is 0 Å². The highest BCUT2D eigenvalue weighted by atomic mass is 19.1. The molecule has 1 heterocycles. The number of amides is 1. The van der Waals surface area contributed by atoms with Crippen molar-refractivity contribution in [3.05, 3.63) is 35.6 Å². The average molecular weight is 292 g/mol. The molecule has 1 aliphatic carbocycles. The van der Waals surface area contributed by atoms with E-state index in [0.29, 0.717) is 25.2 Å². The molecule has 2 unspecified atom stereocenters. The molecular formula is C16H21FN2O2. The van der Waals surface area contributed by atoms with Crippen LogP contribution in [0.4, 0.5) is 4.39 Å². The summed E-state index contributed by atoms with van der Waals surface area (Å²) in [7, 11) is 0. The number of benzene rings is 1. The zero-order chi connectivity index (χ0) is 14.8. The second kappa shape index (κ2) is 6.12. The fourth-order valence-corrected chi connectivity index (χ4v) is 3.16. The molecule has 1 aliphatic heterocycles. The van der Waals surface area contributed by atoms with E-state index in [1.165, 1.54) is 6.07 Å². The van der Waals surface area contributed by atoms with Crippen molar-refractivity contribution in [3.63, 3.8) is 0 Å². The summed E-state index contributed by atoms with van der Waals surface area (Å²) in [5, 5.41) is 8.92. The quantitative estimate of drug-likeness (QED) is 0.902. The van der Waals surface area contributed by atoms with Crippen molar-refractivity contribution < 1.29 is 14.3 Å². The first-order chi connectivity index (χ1) is 10.2. The molecule has 114 valence electrons. The molecule has 3 rings (SSSR count). The zero-order valence-electron chi connectivity index (χ0n) is 12.0. The molecule has 2 fully saturated rings.